The maximum absolute atomic E-state index is 13.6. The molecule has 88 valence electrons. The molecule has 2 aromatic rings. The first-order chi connectivity index (χ1) is 8.16. The quantitative estimate of drug-likeness (QED) is 0.764. The number of benzene rings is 1. The normalized spacial score (nSPS) is 14.1. The molecular formula is C12H9ClF2N2. The van der Waals surface area contributed by atoms with Gasteiger partial charge in [0.25, 0.3) is 0 Å². The molecular weight excluding hydrogens is 246 g/mol. The maximum atomic E-state index is 13.6. The van der Waals surface area contributed by atoms with Crippen LogP contribution in [0.2, 0.25) is 5.15 Å². The van der Waals surface area contributed by atoms with Crippen molar-refractivity contribution in [3.05, 3.63) is 46.2 Å². The number of hydrogen-bond donors (Lipinski definition) is 0. The van der Waals surface area contributed by atoms with Gasteiger partial charge in [-0.15, -0.1) is 0 Å². The standard InChI is InChI=1S/C12H9ClF2N2/c13-12-8-2-1-3-10(8)16-17(12)11-5-4-7(14)6-9(11)15/h4-6H,1-3H2. The molecule has 0 atom stereocenters. The molecule has 0 amide bonds. The van der Waals surface area contributed by atoms with Gasteiger partial charge in [0.2, 0.25) is 0 Å². The van der Waals surface area contributed by atoms with Gasteiger partial charge in [0, 0.05) is 11.6 Å². The molecule has 2 nitrogen and oxygen atoms in total. The average molecular weight is 255 g/mol. The minimum Gasteiger partial charge on any atom is -0.219 e. The number of aromatic nitrogens is 2. The third kappa shape index (κ3) is 1.63. The molecule has 17 heavy (non-hydrogen) atoms. The number of aryl methyl sites for hydroxylation is 1. The van der Waals surface area contributed by atoms with Gasteiger partial charge in [0.15, 0.2) is 5.82 Å². The predicted octanol–water partition coefficient (Wildman–Crippen LogP) is 3.29. The van der Waals surface area contributed by atoms with Crippen molar-refractivity contribution in [2.75, 3.05) is 0 Å². The summed E-state index contributed by atoms with van der Waals surface area (Å²) >= 11 is 6.16. The third-order valence-corrected chi connectivity index (χ3v) is 3.37. The number of hydrogen-bond acceptors (Lipinski definition) is 1. The van der Waals surface area contributed by atoms with Crippen LogP contribution in [0.3, 0.4) is 0 Å². The van der Waals surface area contributed by atoms with E-state index < -0.39 is 11.6 Å². The van der Waals surface area contributed by atoms with Crippen molar-refractivity contribution in [1.29, 1.82) is 0 Å². The van der Waals surface area contributed by atoms with Gasteiger partial charge in [-0.2, -0.15) is 5.10 Å². The van der Waals surface area contributed by atoms with Crippen molar-refractivity contribution < 1.29 is 8.78 Å². The molecule has 0 radical (unpaired) electrons. The van der Waals surface area contributed by atoms with Crippen molar-refractivity contribution in [2.45, 2.75) is 19.3 Å². The molecule has 3 rings (SSSR count). The number of rotatable bonds is 1. The van der Waals surface area contributed by atoms with E-state index in [-0.39, 0.29) is 5.69 Å². The molecule has 1 heterocycles. The van der Waals surface area contributed by atoms with Crippen LogP contribution < -0.4 is 0 Å². The first kappa shape index (κ1) is 10.7. The molecule has 0 unspecified atom stereocenters. The number of halogens is 3. The molecule has 0 spiro atoms. The zero-order chi connectivity index (χ0) is 12.0. The largest absolute Gasteiger partial charge is 0.219 e. The Morgan fingerprint density at radius 1 is 1.24 bits per heavy atom. The van der Waals surface area contributed by atoms with Crippen molar-refractivity contribution in [3.8, 4) is 5.69 Å². The highest BCUT2D eigenvalue weighted by atomic mass is 35.5. The number of nitrogens with zero attached hydrogens (tertiary/aromatic N) is 2. The highest BCUT2D eigenvalue weighted by molar-refractivity contribution is 6.30. The van der Waals surface area contributed by atoms with Gasteiger partial charge in [-0.3, -0.25) is 0 Å². The second-order valence-corrected chi connectivity index (χ2v) is 4.44. The fraction of sp³-hybridized carbons (Fsp3) is 0.250. The Bertz CT molecular complexity index is 592. The van der Waals surface area contributed by atoms with Crippen molar-refractivity contribution in [1.82, 2.24) is 9.78 Å². The molecule has 1 aromatic carbocycles. The van der Waals surface area contributed by atoms with Crippen LogP contribution >= 0.6 is 11.6 Å². The summed E-state index contributed by atoms with van der Waals surface area (Å²) in [5, 5.41) is 4.71. The molecule has 0 N–H and O–H groups in total. The van der Waals surface area contributed by atoms with Crippen LogP contribution in [0, 0.1) is 11.6 Å². The van der Waals surface area contributed by atoms with E-state index in [1.54, 1.807) is 0 Å². The minimum absolute atomic E-state index is 0.186. The van der Waals surface area contributed by atoms with Crippen LogP contribution in [0.4, 0.5) is 8.78 Å². The molecule has 1 aliphatic rings. The van der Waals surface area contributed by atoms with E-state index >= 15 is 0 Å². The smallest absolute Gasteiger partial charge is 0.151 e. The van der Waals surface area contributed by atoms with E-state index in [4.69, 9.17) is 11.6 Å². The van der Waals surface area contributed by atoms with E-state index in [1.165, 1.54) is 16.8 Å². The summed E-state index contributed by atoms with van der Waals surface area (Å²) in [4.78, 5) is 0. The topological polar surface area (TPSA) is 17.8 Å². The highest BCUT2D eigenvalue weighted by Crippen LogP contribution is 2.31. The molecule has 1 aliphatic carbocycles. The zero-order valence-corrected chi connectivity index (χ0v) is 9.64. The SMILES string of the molecule is Fc1ccc(-n2nc3c(c2Cl)CCC3)c(F)c1. The lowest BCUT2D eigenvalue weighted by Gasteiger charge is -2.05. The molecule has 0 bridgehead atoms. The van der Waals surface area contributed by atoms with Crippen LogP contribution in [0.5, 0.6) is 0 Å². The van der Waals surface area contributed by atoms with Gasteiger partial charge in [0.1, 0.15) is 16.7 Å². The molecule has 0 saturated heterocycles. The van der Waals surface area contributed by atoms with E-state index in [2.05, 4.69) is 5.10 Å². The highest BCUT2D eigenvalue weighted by Gasteiger charge is 2.22. The second kappa shape index (κ2) is 3.81. The molecule has 0 fully saturated rings. The first-order valence-electron chi connectivity index (χ1n) is 5.38. The van der Waals surface area contributed by atoms with Crippen LogP contribution in [-0.4, -0.2) is 9.78 Å². The van der Waals surface area contributed by atoms with Crippen LogP contribution in [0.25, 0.3) is 5.69 Å². The van der Waals surface area contributed by atoms with Crippen LogP contribution in [0.1, 0.15) is 17.7 Å². The Labute approximate surface area is 102 Å². The summed E-state index contributed by atoms with van der Waals surface area (Å²) in [6, 6.07) is 3.37. The Morgan fingerprint density at radius 3 is 2.76 bits per heavy atom. The van der Waals surface area contributed by atoms with Gasteiger partial charge in [-0.05, 0) is 31.4 Å². The zero-order valence-electron chi connectivity index (χ0n) is 8.88. The summed E-state index contributed by atoms with van der Waals surface area (Å²) in [7, 11) is 0. The summed E-state index contributed by atoms with van der Waals surface area (Å²) in [6.45, 7) is 0. The fourth-order valence-electron chi connectivity index (χ4n) is 2.17. The predicted molar refractivity (Wildman–Crippen MR) is 60.5 cm³/mol. The second-order valence-electron chi connectivity index (χ2n) is 4.08. The Kier molecular flexibility index (Phi) is 2.40. The third-order valence-electron chi connectivity index (χ3n) is 2.98. The molecule has 0 saturated carbocycles. The van der Waals surface area contributed by atoms with E-state index in [0.717, 1.165) is 36.6 Å². The average Bonchev–Trinajstić information content (AvgIpc) is 2.83. The van der Waals surface area contributed by atoms with Gasteiger partial charge in [0.05, 0.1) is 5.69 Å². The van der Waals surface area contributed by atoms with Crippen molar-refractivity contribution in [2.24, 2.45) is 0 Å². The Balaban J connectivity index is 2.16. The molecule has 1 aromatic heterocycles. The van der Waals surface area contributed by atoms with Crippen molar-refractivity contribution in [3.63, 3.8) is 0 Å². The lowest BCUT2D eigenvalue weighted by atomic mass is 10.3. The summed E-state index contributed by atoms with van der Waals surface area (Å²) in [5.41, 5.74) is 2.08. The minimum atomic E-state index is -0.659. The number of fused-ring (bicyclic) bond motifs is 1. The first-order valence-corrected chi connectivity index (χ1v) is 5.76. The Morgan fingerprint density at radius 2 is 2.06 bits per heavy atom. The maximum Gasteiger partial charge on any atom is 0.151 e. The van der Waals surface area contributed by atoms with Gasteiger partial charge >= 0.3 is 0 Å². The Hall–Kier alpha value is -1.42. The van der Waals surface area contributed by atoms with E-state index in [0.29, 0.717) is 5.15 Å². The van der Waals surface area contributed by atoms with Crippen LogP contribution in [-0.2, 0) is 12.8 Å². The van der Waals surface area contributed by atoms with Gasteiger partial charge in [-0.1, -0.05) is 11.6 Å². The fourth-order valence-corrected chi connectivity index (χ4v) is 2.50. The van der Waals surface area contributed by atoms with Crippen LogP contribution in [0.15, 0.2) is 18.2 Å². The molecule has 5 heteroatoms. The van der Waals surface area contributed by atoms with Gasteiger partial charge < -0.3 is 0 Å². The summed E-state index contributed by atoms with van der Waals surface area (Å²) in [5.74, 6) is -1.27. The lowest BCUT2D eigenvalue weighted by molar-refractivity contribution is 0.573. The van der Waals surface area contributed by atoms with Gasteiger partial charge in [-0.25, -0.2) is 13.5 Å². The van der Waals surface area contributed by atoms with E-state index in [9.17, 15) is 8.78 Å². The summed E-state index contributed by atoms with van der Waals surface area (Å²) < 4.78 is 27.8. The monoisotopic (exact) mass is 254 g/mol. The van der Waals surface area contributed by atoms with Crippen molar-refractivity contribution >= 4 is 11.6 Å². The lowest BCUT2D eigenvalue weighted by Crippen LogP contribution is -2.01. The van der Waals surface area contributed by atoms with E-state index in [1.807, 2.05) is 0 Å². The summed E-state index contributed by atoms with van der Waals surface area (Å²) in [6.07, 6.45) is 2.77. The molecule has 0 aliphatic heterocycles.